The van der Waals surface area contributed by atoms with Crippen LogP contribution in [-0.2, 0) is 6.18 Å². The molecular weight excluding hydrogens is 287 g/mol. The van der Waals surface area contributed by atoms with Crippen molar-refractivity contribution in [3.8, 4) is 0 Å². The van der Waals surface area contributed by atoms with Crippen molar-refractivity contribution in [1.29, 1.82) is 0 Å². The van der Waals surface area contributed by atoms with Crippen molar-refractivity contribution in [1.82, 2.24) is 0 Å². The average molecular weight is 294 g/mol. The summed E-state index contributed by atoms with van der Waals surface area (Å²) in [5, 5.41) is 1.54. The first-order valence-corrected chi connectivity index (χ1v) is 5.87. The van der Waals surface area contributed by atoms with E-state index in [1.165, 1.54) is 29.4 Å². The Bertz CT molecular complexity index is 880. The fraction of sp³-hybridized carbons (Fsp3) is 0.0714. The van der Waals surface area contributed by atoms with Gasteiger partial charge in [-0.1, -0.05) is 6.07 Å². The van der Waals surface area contributed by atoms with E-state index in [1.54, 1.807) is 0 Å². The summed E-state index contributed by atoms with van der Waals surface area (Å²) in [6.45, 7) is 0. The zero-order valence-corrected chi connectivity index (χ0v) is 10.3. The summed E-state index contributed by atoms with van der Waals surface area (Å²) in [6, 6.07) is 7.35. The van der Waals surface area contributed by atoms with Crippen molar-refractivity contribution in [3.05, 3.63) is 52.4 Å². The zero-order chi connectivity index (χ0) is 15.2. The van der Waals surface area contributed by atoms with Crippen LogP contribution in [0.25, 0.3) is 21.9 Å². The third kappa shape index (κ3) is 2.06. The molecule has 106 valence electrons. The molecule has 0 spiro atoms. The number of hydrogen-bond donors (Lipinski definition) is 1. The number of fused-ring (bicyclic) bond motifs is 3. The lowest BCUT2D eigenvalue weighted by molar-refractivity contribution is -0.369. The molecule has 0 aliphatic carbocycles. The highest BCUT2D eigenvalue weighted by Crippen LogP contribution is 2.36. The Morgan fingerprint density at radius 2 is 1.86 bits per heavy atom. The normalized spacial score (nSPS) is 12.0. The van der Waals surface area contributed by atoms with Crippen LogP contribution in [0.3, 0.4) is 0 Å². The molecule has 4 nitrogen and oxygen atoms in total. The van der Waals surface area contributed by atoms with Gasteiger partial charge in [-0.2, -0.15) is 13.2 Å². The first-order chi connectivity index (χ1) is 9.91. The van der Waals surface area contributed by atoms with Gasteiger partial charge in [0.1, 0.15) is 16.7 Å². The number of amides is 1. The van der Waals surface area contributed by atoms with E-state index in [0.29, 0.717) is 0 Å². The van der Waals surface area contributed by atoms with E-state index in [-0.39, 0.29) is 27.5 Å². The molecule has 2 aromatic carbocycles. The van der Waals surface area contributed by atoms with E-state index in [0.717, 1.165) is 12.1 Å². The van der Waals surface area contributed by atoms with E-state index >= 15 is 0 Å². The van der Waals surface area contributed by atoms with Gasteiger partial charge in [0.05, 0.1) is 10.7 Å². The summed E-state index contributed by atoms with van der Waals surface area (Å²) in [7, 11) is 0. The average Bonchev–Trinajstić information content (AvgIpc) is 2.83. The summed E-state index contributed by atoms with van der Waals surface area (Å²) in [4.78, 5) is 22.1. The van der Waals surface area contributed by atoms with Crippen molar-refractivity contribution >= 4 is 27.8 Å². The second-order valence-electron chi connectivity index (χ2n) is 4.42. The van der Waals surface area contributed by atoms with E-state index in [9.17, 15) is 22.9 Å². The number of nitrogens with one attached hydrogen (secondary N) is 1. The fourth-order valence-electron chi connectivity index (χ4n) is 2.25. The Hall–Kier alpha value is -2.70. The van der Waals surface area contributed by atoms with Crippen molar-refractivity contribution < 1.29 is 27.6 Å². The molecular formula is C14H7F3NO3+. The second kappa shape index (κ2) is 4.41. The van der Waals surface area contributed by atoms with Gasteiger partial charge < -0.3 is 4.42 Å². The van der Waals surface area contributed by atoms with Crippen LogP contribution in [0, 0.1) is 4.91 Å². The van der Waals surface area contributed by atoms with E-state index in [4.69, 9.17) is 4.42 Å². The molecule has 21 heavy (non-hydrogen) atoms. The molecule has 3 rings (SSSR count). The number of carbonyl (C=O) groups is 1. The van der Waals surface area contributed by atoms with Crippen LogP contribution in [0.2, 0.25) is 0 Å². The Morgan fingerprint density at radius 3 is 2.52 bits per heavy atom. The largest absolute Gasteiger partial charge is 0.463 e. The lowest BCUT2D eigenvalue weighted by atomic mass is 10.0. The monoisotopic (exact) mass is 294 g/mol. The molecule has 0 saturated heterocycles. The van der Waals surface area contributed by atoms with Crippen LogP contribution in [0.5, 0.6) is 0 Å². The summed E-state index contributed by atoms with van der Waals surface area (Å²) >= 11 is 0. The van der Waals surface area contributed by atoms with E-state index in [1.807, 2.05) is 0 Å². The molecule has 7 heteroatoms. The standard InChI is InChI=1S/C14H6F3NO3/c15-14(16,17)7-4-5-10-9(6-7)12-8(13(19)18-20)2-1-3-11(12)21-10/h1-6H/p+1. The number of hydrogen-bond acceptors (Lipinski definition) is 3. The van der Waals surface area contributed by atoms with Gasteiger partial charge in [0.15, 0.2) is 0 Å². The lowest BCUT2D eigenvalue weighted by Crippen LogP contribution is -2.69. The third-order valence-electron chi connectivity index (χ3n) is 3.16. The molecule has 0 unspecified atom stereocenters. The van der Waals surface area contributed by atoms with E-state index in [2.05, 4.69) is 0 Å². The Labute approximate surface area is 115 Å². The fourth-order valence-corrected chi connectivity index (χ4v) is 2.25. The quantitative estimate of drug-likeness (QED) is 0.750. The maximum Gasteiger partial charge on any atom is 0.463 e. The Morgan fingerprint density at radius 1 is 1.10 bits per heavy atom. The number of nitroso groups, excluding NO2 is 1. The minimum Gasteiger partial charge on any atom is -0.456 e. The summed E-state index contributed by atoms with van der Waals surface area (Å²) in [5.41, 5.74) is -0.426. The molecule has 0 fully saturated rings. The van der Waals surface area contributed by atoms with Crippen LogP contribution in [0.1, 0.15) is 15.9 Å². The number of rotatable bonds is 1. The minimum atomic E-state index is -4.51. The number of halogens is 3. The number of furan rings is 1. The van der Waals surface area contributed by atoms with Gasteiger partial charge in [-0.25, -0.2) is 4.79 Å². The molecule has 0 atom stereocenters. The summed E-state index contributed by atoms with van der Waals surface area (Å²) in [6.07, 6.45) is -4.51. The molecule has 0 aliphatic rings. The number of carbonyl (C=O) groups excluding carboxylic acids is 1. The van der Waals surface area contributed by atoms with Crippen molar-refractivity contribution in [2.24, 2.45) is 0 Å². The molecule has 1 amide bonds. The second-order valence-corrected chi connectivity index (χ2v) is 4.42. The number of alkyl halides is 3. The Kier molecular flexibility index (Phi) is 2.79. The SMILES string of the molecule is O=[NH+]C(=O)c1cccc2oc3ccc(C(F)(F)F)cc3c12. The molecule has 0 radical (unpaired) electrons. The predicted molar refractivity (Wildman–Crippen MR) is 67.4 cm³/mol. The van der Waals surface area contributed by atoms with Crippen LogP contribution in [0.15, 0.2) is 40.8 Å². The van der Waals surface area contributed by atoms with Gasteiger partial charge >= 0.3 is 12.1 Å². The molecule has 1 heterocycles. The highest BCUT2D eigenvalue weighted by molar-refractivity contribution is 6.14. The van der Waals surface area contributed by atoms with Crippen LogP contribution in [-0.4, -0.2) is 5.91 Å². The predicted octanol–water partition coefficient (Wildman–Crippen LogP) is 2.59. The zero-order valence-electron chi connectivity index (χ0n) is 10.3. The first kappa shape index (κ1) is 13.3. The topological polar surface area (TPSA) is 61.2 Å². The van der Waals surface area contributed by atoms with Crippen LogP contribution in [0.4, 0.5) is 13.2 Å². The molecule has 3 aromatic rings. The minimum absolute atomic E-state index is 0.0272. The van der Waals surface area contributed by atoms with Crippen molar-refractivity contribution in [3.63, 3.8) is 0 Å². The smallest absolute Gasteiger partial charge is 0.456 e. The first-order valence-electron chi connectivity index (χ1n) is 5.87. The molecule has 0 aliphatic heterocycles. The van der Waals surface area contributed by atoms with Gasteiger partial charge in [-0.15, -0.1) is 0 Å². The maximum atomic E-state index is 12.8. The lowest BCUT2D eigenvalue weighted by Gasteiger charge is -2.05. The van der Waals surface area contributed by atoms with Crippen molar-refractivity contribution in [2.75, 3.05) is 0 Å². The van der Waals surface area contributed by atoms with Gasteiger partial charge in [-0.3, -0.25) is 0 Å². The van der Waals surface area contributed by atoms with Gasteiger partial charge in [-0.05, 0) is 30.3 Å². The molecule has 1 N–H and O–H groups in total. The molecule has 0 bridgehead atoms. The van der Waals surface area contributed by atoms with Crippen LogP contribution < -0.4 is 5.18 Å². The Balaban J connectivity index is 2.42. The summed E-state index contributed by atoms with van der Waals surface area (Å²) in [5.74, 6) is -0.930. The maximum absolute atomic E-state index is 12.8. The molecule has 0 saturated carbocycles. The van der Waals surface area contributed by atoms with Crippen molar-refractivity contribution in [2.45, 2.75) is 6.18 Å². The van der Waals surface area contributed by atoms with Gasteiger partial charge in [0.25, 0.3) is 0 Å². The molecule has 1 aromatic heterocycles. The third-order valence-corrected chi connectivity index (χ3v) is 3.16. The highest BCUT2D eigenvalue weighted by atomic mass is 19.4. The van der Waals surface area contributed by atoms with Gasteiger partial charge in [0.2, 0.25) is 0 Å². The number of benzene rings is 2. The van der Waals surface area contributed by atoms with Crippen LogP contribution >= 0.6 is 0 Å². The van der Waals surface area contributed by atoms with Gasteiger partial charge in [0, 0.05) is 15.7 Å². The highest BCUT2D eigenvalue weighted by Gasteiger charge is 2.31. The summed E-state index contributed by atoms with van der Waals surface area (Å²) < 4.78 is 43.8. The van der Waals surface area contributed by atoms with E-state index < -0.39 is 17.6 Å².